The standard InChI is InChI=1S/C13H12N2O3/c1-18-11-5-6-12-9(8-11)2-3-10(14-12)4-7-13(16)15-17/h2-8,17H,1H3,(H,15,16). The van der Waals surface area contributed by atoms with Crippen LogP contribution in [-0.2, 0) is 4.79 Å². The average molecular weight is 244 g/mol. The largest absolute Gasteiger partial charge is 0.497 e. The van der Waals surface area contributed by atoms with Crippen LogP contribution in [0.5, 0.6) is 5.75 Å². The number of nitrogens with one attached hydrogen (secondary N) is 1. The lowest BCUT2D eigenvalue weighted by Crippen LogP contribution is -2.14. The summed E-state index contributed by atoms with van der Waals surface area (Å²) >= 11 is 0. The van der Waals surface area contributed by atoms with Crippen molar-refractivity contribution in [1.29, 1.82) is 0 Å². The number of nitrogens with zero attached hydrogens (tertiary/aromatic N) is 1. The molecule has 5 heteroatoms. The van der Waals surface area contributed by atoms with Gasteiger partial charge in [-0.25, -0.2) is 10.5 Å². The molecule has 0 saturated heterocycles. The lowest BCUT2D eigenvalue weighted by Gasteiger charge is -2.02. The quantitative estimate of drug-likeness (QED) is 0.490. The summed E-state index contributed by atoms with van der Waals surface area (Å²) in [6, 6.07) is 9.22. The van der Waals surface area contributed by atoms with E-state index in [1.54, 1.807) is 13.2 Å². The molecule has 18 heavy (non-hydrogen) atoms. The molecule has 1 aromatic carbocycles. The molecule has 2 rings (SSSR count). The van der Waals surface area contributed by atoms with Gasteiger partial charge in [0.1, 0.15) is 5.75 Å². The predicted octanol–water partition coefficient (Wildman–Crippen LogP) is 1.76. The van der Waals surface area contributed by atoms with Crippen molar-refractivity contribution in [1.82, 2.24) is 10.5 Å². The molecule has 92 valence electrons. The fraction of sp³-hybridized carbons (Fsp3) is 0.0769. The maximum atomic E-state index is 10.8. The molecule has 1 amide bonds. The Hall–Kier alpha value is -2.40. The second-order valence-corrected chi connectivity index (χ2v) is 3.60. The summed E-state index contributed by atoms with van der Waals surface area (Å²) in [6.45, 7) is 0. The van der Waals surface area contributed by atoms with E-state index in [-0.39, 0.29) is 0 Å². The number of hydrogen-bond donors (Lipinski definition) is 2. The Kier molecular flexibility index (Phi) is 3.54. The number of rotatable bonds is 3. The van der Waals surface area contributed by atoms with Crippen LogP contribution < -0.4 is 10.2 Å². The summed E-state index contributed by atoms with van der Waals surface area (Å²) in [5.41, 5.74) is 2.96. The van der Waals surface area contributed by atoms with E-state index in [1.165, 1.54) is 17.6 Å². The van der Waals surface area contributed by atoms with Crippen molar-refractivity contribution in [2.24, 2.45) is 0 Å². The van der Waals surface area contributed by atoms with Gasteiger partial charge in [-0.3, -0.25) is 10.0 Å². The number of methoxy groups -OCH3 is 1. The summed E-state index contributed by atoms with van der Waals surface area (Å²) in [7, 11) is 1.61. The van der Waals surface area contributed by atoms with Crippen LogP contribution in [0, 0.1) is 0 Å². The SMILES string of the molecule is COc1ccc2nc(C=CC(=O)NO)ccc2c1. The molecule has 1 aromatic heterocycles. The first-order chi connectivity index (χ1) is 8.72. The number of hydrogen-bond acceptors (Lipinski definition) is 4. The lowest BCUT2D eigenvalue weighted by molar-refractivity contribution is -0.124. The molecule has 0 aliphatic rings. The summed E-state index contributed by atoms with van der Waals surface area (Å²) < 4.78 is 5.12. The van der Waals surface area contributed by atoms with E-state index in [4.69, 9.17) is 9.94 Å². The molecule has 0 aliphatic carbocycles. The molecule has 1 heterocycles. The highest BCUT2D eigenvalue weighted by Crippen LogP contribution is 2.19. The van der Waals surface area contributed by atoms with E-state index in [0.717, 1.165) is 16.7 Å². The first-order valence-corrected chi connectivity index (χ1v) is 5.30. The fourth-order valence-electron chi connectivity index (χ4n) is 1.54. The fourth-order valence-corrected chi connectivity index (χ4v) is 1.54. The number of benzene rings is 1. The molecular weight excluding hydrogens is 232 g/mol. The van der Waals surface area contributed by atoms with Crippen LogP contribution in [0.4, 0.5) is 0 Å². The number of carbonyl (C=O) groups excluding carboxylic acids is 1. The molecular formula is C13H12N2O3. The number of ether oxygens (including phenoxy) is 1. The number of amides is 1. The molecule has 0 fully saturated rings. The Morgan fingerprint density at radius 3 is 2.94 bits per heavy atom. The maximum Gasteiger partial charge on any atom is 0.267 e. The third-order valence-electron chi connectivity index (χ3n) is 2.43. The molecule has 0 unspecified atom stereocenters. The van der Waals surface area contributed by atoms with E-state index in [0.29, 0.717) is 5.69 Å². The van der Waals surface area contributed by atoms with Crippen LogP contribution in [0.1, 0.15) is 5.69 Å². The van der Waals surface area contributed by atoms with Crippen molar-refractivity contribution < 1.29 is 14.7 Å². The zero-order valence-electron chi connectivity index (χ0n) is 9.75. The molecule has 0 radical (unpaired) electrons. The van der Waals surface area contributed by atoms with Gasteiger partial charge in [-0.15, -0.1) is 0 Å². The second-order valence-electron chi connectivity index (χ2n) is 3.60. The molecule has 2 N–H and O–H groups in total. The van der Waals surface area contributed by atoms with Gasteiger partial charge in [0.15, 0.2) is 0 Å². The van der Waals surface area contributed by atoms with E-state index in [9.17, 15) is 4.79 Å². The van der Waals surface area contributed by atoms with Gasteiger partial charge in [-0.05, 0) is 30.3 Å². The number of carbonyl (C=O) groups is 1. The van der Waals surface area contributed by atoms with Crippen molar-refractivity contribution in [2.75, 3.05) is 7.11 Å². The van der Waals surface area contributed by atoms with Crippen LogP contribution in [0.25, 0.3) is 17.0 Å². The summed E-state index contributed by atoms with van der Waals surface area (Å²) in [5, 5.41) is 9.31. The summed E-state index contributed by atoms with van der Waals surface area (Å²) in [4.78, 5) is 15.2. The summed E-state index contributed by atoms with van der Waals surface area (Å²) in [5.74, 6) is 0.180. The van der Waals surface area contributed by atoms with Gasteiger partial charge >= 0.3 is 0 Å². The number of pyridine rings is 1. The van der Waals surface area contributed by atoms with Gasteiger partial charge in [0, 0.05) is 11.5 Å². The van der Waals surface area contributed by atoms with E-state index < -0.39 is 5.91 Å². The molecule has 0 atom stereocenters. The molecule has 0 spiro atoms. The highest BCUT2D eigenvalue weighted by Gasteiger charge is 1.99. The topological polar surface area (TPSA) is 71.5 Å². The monoisotopic (exact) mass is 244 g/mol. The summed E-state index contributed by atoms with van der Waals surface area (Å²) in [6.07, 6.45) is 2.73. The molecule has 5 nitrogen and oxygen atoms in total. The van der Waals surface area contributed by atoms with Crippen LogP contribution in [0.15, 0.2) is 36.4 Å². The Morgan fingerprint density at radius 2 is 2.22 bits per heavy atom. The van der Waals surface area contributed by atoms with E-state index in [1.807, 2.05) is 24.3 Å². The third-order valence-corrected chi connectivity index (χ3v) is 2.43. The van der Waals surface area contributed by atoms with Gasteiger partial charge < -0.3 is 4.74 Å². The Morgan fingerprint density at radius 1 is 1.39 bits per heavy atom. The van der Waals surface area contributed by atoms with Gasteiger partial charge in [-0.2, -0.15) is 0 Å². The van der Waals surface area contributed by atoms with Crippen molar-refractivity contribution in [3.63, 3.8) is 0 Å². The predicted molar refractivity (Wildman–Crippen MR) is 67.3 cm³/mol. The number of aromatic nitrogens is 1. The second kappa shape index (κ2) is 5.29. The first kappa shape index (κ1) is 12.1. The Bertz CT molecular complexity index is 608. The Labute approximate surface area is 104 Å². The van der Waals surface area contributed by atoms with Crippen molar-refractivity contribution in [3.05, 3.63) is 42.1 Å². The minimum absolute atomic E-state index is 0.591. The highest BCUT2D eigenvalue weighted by atomic mass is 16.5. The van der Waals surface area contributed by atoms with Crippen molar-refractivity contribution in [3.8, 4) is 5.75 Å². The minimum Gasteiger partial charge on any atom is -0.497 e. The van der Waals surface area contributed by atoms with E-state index >= 15 is 0 Å². The Balaban J connectivity index is 2.33. The molecule has 0 saturated carbocycles. The normalized spacial score (nSPS) is 10.8. The van der Waals surface area contributed by atoms with Crippen LogP contribution >= 0.6 is 0 Å². The number of fused-ring (bicyclic) bond motifs is 1. The van der Waals surface area contributed by atoms with Crippen LogP contribution in [0.3, 0.4) is 0 Å². The zero-order chi connectivity index (χ0) is 13.0. The van der Waals surface area contributed by atoms with E-state index in [2.05, 4.69) is 4.98 Å². The van der Waals surface area contributed by atoms with Gasteiger partial charge in [0.25, 0.3) is 5.91 Å². The van der Waals surface area contributed by atoms with Gasteiger partial charge in [0.05, 0.1) is 18.3 Å². The first-order valence-electron chi connectivity index (χ1n) is 5.30. The van der Waals surface area contributed by atoms with Crippen molar-refractivity contribution >= 4 is 22.9 Å². The lowest BCUT2D eigenvalue weighted by atomic mass is 10.2. The third kappa shape index (κ3) is 2.64. The van der Waals surface area contributed by atoms with Gasteiger partial charge in [0.2, 0.25) is 0 Å². The molecule has 0 aliphatic heterocycles. The molecule has 0 bridgehead atoms. The maximum absolute atomic E-state index is 10.8. The van der Waals surface area contributed by atoms with Crippen molar-refractivity contribution in [2.45, 2.75) is 0 Å². The number of hydroxylamine groups is 1. The zero-order valence-corrected chi connectivity index (χ0v) is 9.75. The molecule has 2 aromatic rings. The highest BCUT2D eigenvalue weighted by molar-refractivity contribution is 5.91. The van der Waals surface area contributed by atoms with Gasteiger partial charge in [-0.1, -0.05) is 6.07 Å². The smallest absolute Gasteiger partial charge is 0.267 e. The van der Waals surface area contributed by atoms with Crippen LogP contribution in [0.2, 0.25) is 0 Å². The average Bonchev–Trinajstić information content (AvgIpc) is 2.43. The minimum atomic E-state index is -0.591. The van der Waals surface area contributed by atoms with Crippen LogP contribution in [-0.4, -0.2) is 23.2 Å².